The van der Waals surface area contributed by atoms with Crippen molar-refractivity contribution < 1.29 is 35.5 Å². The van der Waals surface area contributed by atoms with Crippen molar-refractivity contribution in [2.24, 2.45) is 5.92 Å². The van der Waals surface area contributed by atoms with Gasteiger partial charge in [-0.2, -0.15) is 17.9 Å². The molecule has 0 amide bonds. The molecule has 34 heavy (non-hydrogen) atoms. The predicted molar refractivity (Wildman–Crippen MR) is 118 cm³/mol. The van der Waals surface area contributed by atoms with Crippen LogP contribution in [0.5, 0.6) is 5.75 Å². The summed E-state index contributed by atoms with van der Waals surface area (Å²) in [6.07, 6.45) is -4.69. The van der Waals surface area contributed by atoms with Gasteiger partial charge < -0.3 is 9.15 Å². The third-order valence-electron chi connectivity index (χ3n) is 4.86. The first-order valence-electron chi connectivity index (χ1n) is 10.2. The molecule has 0 aliphatic rings. The lowest BCUT2D eigenvalue weighted by Crippen LogP contribution is -2.43. The largest absolute Gasteiger partial charge is 0.425 e. The van der Waals surface area contributed by atoms with E-state index in [1.165, 1.54) is 12.1 Å². The molecule has 0 bridgehead atoms. The van der Waals surface area contributed by atoms with Gasteiger partial charge in [0, 0.05) is 17.5 Å². The number of sulfonamides is 1. The summed E-state index contributed by atoms with van der Waals surface area (Å²) in [5.74, 6) is -1.26. The predicted octanol–water partition coefficient (Wildman–Crippen LogP) is 4.42. The van der Waals surface area contributed by atoms with Crippen molar-refractivity contribution in [1.82, 2.24) is 4.72 Å². The van der Waals surface area contributed by atoms with Crippen LogP contribution < -0.4 is 15.1 Å². The zero-order valence-corrected chi connectivity index (χ0v) is 19.3. The second-order valence-corrected chi connectivity index (χ2v) is 9.89. The summed E-state index contributed by atoms with van der Waals surface area (Å²) in [6, 6.07) is 8.20. The van der Waals surface area contributed by atoms with Gasteiger partial charge >= 0.3 is 17.8 Å². The van der Waals surface area contributed by atoms with Crippen molar-refractivity contribution in [3.05, 3.63) is 70.1 Å². The van der Waals surface area contributed by atoms with Crippen LogP contribution in [-0.4, -0.2) is 20.4 Å². The van der Waals surface area contributed by atoms with Gasteiger partial charge in [-0.3, -0.25) is 0 Å². The van der Waals surface area contributed by atoms with Gasteiger partial charge in [0.15, 0.2) is 0 Å². The third-order valence-corrected chi connectivity index (χ3v) is 6.35. The van der Waals surface area contributed by atoms with E-state index in [-0.39, 0.29) is 28.4 Å². The number of ether oxygens (including phenoxy) is 1. The number of aryl methyl sites for hydroxylation is 1. The number of rotatable bonds is 7. The number of hydrogen-bond donors (Lipinski definition) is 1. The van der Waals surface area contributed by atoms with E-state index in [9.17, 15) is 31.2 Å². The van der Waals surface area contributed by atoms with Crippen LogP contribution in [0.15, 0.2) is 62.6 Å². The number of nitrogens with one attached hydrogen (secondary N) is 1. The van der Waals surface area contributed by atoms with Crippen molar-refractivity contribution in [3.63, 3.8) is 0 Å². The van der Waals surface area contributed by atoms with Crippen LogP contribution in [0.3, 0.4) is 0 Å². The number of hydrogen-bond acceptors (Lipinski definition) is 6. The Morgan fingerprint density at radius 2 is 1.74 bits per heavy atom. The highest BCUT2D eigenvalue weighted by Gasteiger charge is 2.34. The van der Waals surface area contributed by atoms with Gasteiger partial charge in [0.25, 0.3) is 0 Å². The van der Waals surface area contributed by atoms with Gasteiger partial charge in [-0.1, -0.05) is 31.5 Å². The molecule has 1 aromatic heterocycles. The fourth-order valence-corrected chi connectivity index (χ4v) is 4.46. The van der Waals surface area contributed by atoms with E-state index >= 15 is 0 Å². The minimum Gasteiger partial charge on any atom is -0.425 e. The molecule has 11 heteroatoms. The number of halogens is 3. The van der Waals surface area contributed by atoms with Crippen molar-refractivity contribution in [2.75, 3.05) is 0 Å². The molecule has 1 atom stereocenters. The highest BCUT2D eigenvalue weighted by molar-refractivity contribution is 7.89. The summed E-state index contributed by atoms with van der Waals surface area (Å²) in [5, 5.41) is -0.384. The lowest BCUT2D eigenvalue weighted by Gasteiger charge is -2.19. The van der Waals surface area contributed by atoms with Crippen LogP contribution in [0.25, 0.3) is 11.0 Å². The molecule has 0 unspecified atom stereocenters. The Morgan fingerprint density at radius 3 is 2.32 bits per heavy atom. The Morgan fingerprint density at radius 1 is 1.09 bits per heavy atom. The van der Waals surface area contributed by atoms with E-state index in [0.717, 1.165) is 23.8 Å². The van der Waals surface area contributed by atoms with E-state index in [0.29, 0.717) is 6.07 Å². The fraction of sp³-hybridized carbons (Fsp3) is 0.304. The molecule has 0 radical (unpaired) electrons. The van der Waals surface area contributed by atoms with Gasteiger partial charge in [-0.25, -0.2) is 18.0 Å². The molecule has 3 rings (SSSR count). The van der Waals surface area contributed by atoms with Gasteiger partial charge in [-0.15, -0.1) is 0 Å². The second-order valence-electron chi connectivity index (χ2n) is 8.17. The minimum absolute atomic E-state index is 0.0354. The maximum atomic E-state index is 13.2. The van der Waals surface area contributed by atoms with Crippen LogP contribution in [-0.2, 0) is 21.0 Å². The number of benzene rings is 2. The van der Waals surface area contributed by atoms with Gasteiger partial charge in [-0.05, 0) is 43.5 Å². The molecular weight excluding hydrogens is 475 g/mol. The number of carbonyl (C=O) groups excluding carboxylic acids is 1. The summed E-state index contributed by atoms with van der Waals surface area (Å²) in [5.41, 5.74) is -1.97. The Kier molecular flexibility index (Phi) is 7.18. The molecular formula is C23H22F3NO6S. The van der Waals surface area contributed by atoms with Crippen LogP contribution in [0.1, 0.15) is 31.4 Å². The first-order valence-corrected chi connectivity index (χ1v) is 11.7. The lowest BCUT2D eigenvalue weighted by atomic mass is 10.0. The van der Waals surface area contributed by atoms with Gasteiger partial charge in [0.2, 0.25) is 10.0 Å². The summed E-state index contributed by atoms with van der Waals surface area (Å²) in [4.78, 5) is 24.4. The second kappa shape index (κ2) is 9.59. The Hall–Kier alpha value is -3.18. The molecule has 0 aliphatic carbocycles. The maximum absolute atomic E-state index is 13.2. The lowest BCUT2D eigenvalue weighted by molar-refractivity contribution is -0.137. The molecule has 3 aromatic rings. The minimum atomic E-state index is -4.79. The van der Waals surface area contributed by atoms with Crippen LogP contribution in [0, 0.1) is 12.8 Å². The molecule has 1 heterocycles. The number of alkyl halides is 3. The zero-order chi connectivity index (χ0) is 25.3. The molecule has 0 saturated heterocycles. The van der Waals surface area contributed by atoms with Crippen molar-refractivity contribution in [3.8, 4) is 5.75 Å². The molecule has 182 valence electrons. The summed E-state index contributed by atoms with van der Waals surface area (Å²) >= 11 is 0. The van der Waals surface area contributed by atoms with Gasteiger partial charge in [0.1, 0.15) is 17.4 Å². The topological polar surface area (TPSA) is 103 Å². The highest BCUT2D eigenvalue weighted by atomic mass is 32.2. The van der Waals surface area contributed by atoms with E-state index < -0.39 is 45.0 Å². The molecule has 0 spiro atoms. The van der Waals surface area contributed by atoms with E-state index in [1.54, 1.807) is 32.9 Å². The van der Waals surface area contributed by atoms with Crippen LogP contribution in [0.2, 0.25) is 0 Å². The standard InChI is InChI=1S/C23H22F3NO6S/c1-13(2)10-19(27-34(30,31)16-7-4-14(3)5-8-16)22(29)32-15-6-9-17-18(23(24,25)26)12-21(28)33-20(17)11-15/h4-9,11-13,19,27H,10H2,1-3H3/t19-/m1/s1. The monoisotopic (exact) mass is 497 g/mol. The summed E-state index contributed by atoms with van der Waals surface area (Å²) in [7, 11) is -4.06. The van der Waals surface area contributed by atoms with Crippen LogP contribution >= 0.6 is 0 Å². The highest BCUT2D eigenvalue weighted by Crippen LogP contribution is 2.35. The first-order chi connectivity index (χ1) is 15.8. The SMILES string of the molecule is Cc1ccc(S(=O)(=O)N[C@H](CC(C)C)C(=O)Oc2ccc3c(C(F)(F)F)cc(=O)oc3c2)cc1. The quantitative estimate of drug-likeness (QED) is 0.295. The van der Waals surface area contributed by atoms with Gasteiger partial charge in [0.05, 0.1) is 10.5 Å². The third kappa shape index (κ3) is 6.03. The smallest absolute Gasteiger partial charge is 0.417 e. The number of fused-ring (bicyclic) bond motifs is 1. The zero-order valence-electron chi connectivity index (χ0n) is 18.5. The average Bonchev–Trinajstić information content (AvgIpc) is 2.71. The Bertz CT molecular complexity index is 1360. The number of carbonyl (C=O) groups is 1. The fourth-order valence-electron chi connectivity index (χ4n) is 3.26. The maximum Gasteiger partial charge on any atom is 0.417 e. The van der Waals surface area contributed by atoms with Crippen molar-refractivity contribution in [2.45, 2.75) is 44.3 Å². The van der Waals surface area contributed by atoms with Crippen molar-refractivity contribution >= 4 is 27.0 Å². The normalized spacial score (nSPS) is 13.3. The molecule has 1 N–H and O–H groups in total. The first kappa shape index (κ1) is 25.4. The van der Waals surface area contributed by atoms with E-state index in [2.05, 4.69) is 4.72 Å². The van der Waals surface area contributed by atoms with E-state index in [1.807, 2.05) is 0 Å². The molecule has 0 aliphatic heterocycles. The molecule has 0 saturated carbocycles. The average molecular weight is 497 g/mol. The Balaban J connectivity index is 1.89. The van der Waals surface area contributed by atoms with E-state index in [4.69, 9.17) is 9.15 Å². The van der Waals surface area contributed by atoms with Crippen LogP contribution in [0.4, 0.5) is 13.2 Å². The molecule has 7 nitrogen and oxygen atoms in total. The molecule has 2 aromatic carbocycles. The van der Waals surface area contributed by atoms with Crippen molar-refractivity contribution in [1.29, 1.82) is 0 Å². The summed E-state index contributed by atoms with van der Waals surface area (Å²) in [6.45, 7) is 5.36. The number of esters is 1. The Labute approximate surface area is 193 Å². The molecule has 0 fully saturated rings. The summed E-state index contributed by atoms with van der Waals surface area (Å²) < 4.78 is 77.6.